The molecular weight excluding hydrogens is 223 g/mol. The van der Waals surface area contributed by atoms with Gasteiger partial charge in [-0.25, -0.2) is 0 Å². The van der Waals surface area contributed by atoms with Gasteiger partial charge in [-0.15, -0.1) is 0 Å². The minimum absolute atomic E-state index is 0.0676. The van der Waals surface area contributed by atoms with Crippen LogP contribution in [0.2, 0.25) is 0 Å². The van der Waals surface area contributed by atoms with Crippen molar-refractivity contribution in [1.82, 2.24) is 0 Å². The van der Waals surface area contributed by atoms with E-state index in [1.807, 2.05) is 0 Å². The first-order valence-corrected chi connectivity index (χ1v) is 4.41. The topological polar surface area (TPSA) is 107 Å². The van der Waals surface area contributed by atoms with E-state index >= 15 is 0 Å². The van der Waals surface area contributed by atoms with Crippen molar-refractivity contribution in [1.29, 1.82) is 0 Å². The van der Waals surface area contributed by atoms with E-state index in [9.17, 15) is 4.79 Å². The van der Waals surface area contributed by atoms with Crippen molar-refractivity contribution in [2.24, 2.45) is 22.2 Å². The molecule has 0 spiro atoms. The van der Waals surface area contributed by atoms with Gasteiger partial charge in [0.25, 0.3) is 0 Å². The Hall–Kier alpha value is -0.581. The summed E-state index contributed by atoms with van der Waals surface area (Å²) in [7, 11) is 0. The zero-order valence-corrected chi connectivity index (χ0v) is 8.41. The molecule has 6 N–H and O–H groups in total. The van der Waals surface area contributed by atoms with Crippen LogP contribution in [0.5, 0.6) is 0 Å². The summed E-state index contributed by atoms with van der Waals surface area (Å²) in [5.41, 5.74) is 15.6. The molecule has 69 valence electrons. The average Bonchev–Trinajstić information content (AvgIpc) is 1.97. The fourth-order valence-corrected chi connectivity index (χ4v) is 0.884. The molecule has 0 saturated carbocycles. The summed E-state index contributed by atoms with van der Waals surface area (Å²) in [4.78, 5) is 14.4. The van der Waals surface area contributed by atoms with E-state index in [1.54, 1.807) is 0 Å². The van der Waals surface area contributed by atoms with Crippen molar-refractivity contribution < 1.29 is 4.79 Å². The number of hydrogen-bond donors (Lipinski definition) is 3. The molecule has 0 aliphatic heterocycles. The van der Waals surface area contributed by atoms with E-state index < -0.39 is 6.04 Å². The summed E-state index contributed by atoms with van der Waals surface area (Å²) < 4.78 is -0.125. The Morgan fingerprint density at radius 3 is 2.50 bits per heavy atom. The van der Waals surface area contributed by atoms with Crippen molar-refractivity contribution in [3.05, 3.63) is 0 Å². The molecule has 0 saturated heterocycles. The van der Waals surface area contributed by atoms with E-state index in [2.05, 4.69) is 21.0 Å². The van der Waals surface area contributed by atoms with E-state index in [4.69, 9.17) is 17.2 Å². The maximum absolute atomic E-state index is 10.6. The van der Waals surface area contributed by atoms with E-state index in [0.717, 1.165) is 0 Å². The Bertz CT molecular complexity index is 178. The first kappa shape index (κ1) is 11.4. The molecule has 5 nitrogen and oxygen atoms in total. The minimum atomic E-state index is -0.431. The Balaban J connectivity index is 3.44. The van der Waals surface area contributed by atoms with Gasteiger partial charge in [0, 0.05) is 0 Å². The van der Waals surface area contributed by atoms with E-state index in [0.29, 0.717) is 19.4 Å². The number of guanidine groups is 1. The number of nitrogens with zero attached hydrogens (tertiary/aromatic N) is 1. The second-order valence-electron chi connectivity index (χ2n) is 2.37. The number of carbonyl (C=O) groups is 1. The molecule has 1 radical (unpaired) electrons. The van der Waals surface area contributed by atoms with Gasteiger partial charge >= 0.3 is 79.1 Å². The van der Waals surface area contributed by atoms with Gasteiger partial charge in [0.05, 0.1) is 0 Å². The molecule has 0 aliphatic carbocycles. The molecule has 0 aromatic heterocycles. The number of hydrogen-bond acceptors (Lipinski definition) is 3. The zero-order chi connectivity index (χ0) is 9.56. The van der Waals surface area contributed by atoms with Crippen LogP contribution in [0.25, 0.3) is 0 Å². The third kappa shape index (κ3) is 6.15. The van der Waals surface area contributed by atoms with E-state index in [-0.39, 0.29) is 10.6 Å². The van der Waals surface area contributed by atoms with Crippen LogP contribution in [0.4, 0.5) is 0 Å². The summed E-state index contributed by atoms with van der Waals surface area (Å²) in [6.45, 7) is 0.517. The van der Waals surface area contributed by atoms with Gasteiger partial charge in [0.2, 0.25) is 0 Å². The second kappa shape index (κ2) is 5.99. The van der Waals surface area contributed by atoms with Gasteiger partial charge in [-0.1, -0.05) is 0 Å². The Kier molecular flexibility index (Phi) is 5.70. The number of aliphatic imine (C=N–C) groups is 1. The average molecular weight is 236 g/mol. The monoisotopic (exact) mass is 237 g/mol. The second-order valence-corrected chi connectivity index (χ2v) is 3.22. The summed E-state index contributed by atoms with van der Waals surface area (Å²) in [5, 5.41) is 0. The summed E-state index contributed by atoms with van der Waals surface area (Å²) in [6.07, 6.45) is 1.31. The molecule has 0 fully saturated rings. The van der Waals surface area contributed by atoms with Crippen molar-refractivity contribution >= 4 is 26.7 Å². The first-order chi connectivity index (χ1) is 5.54. The van der Waals surface area contributed by atoms with Gasteiger partial charge in [0.15, 0.2) is 0 Å². The number of nitrogens with two attached hydrogens (primary N) is 3. The van der Waals surface area contributed by atoms with Crippen molar-refractivity contribution in [2.75, 3.05) is 6.54 Å². The fraction of sp³-hybridized carbons (Fsp3) is 0.667. The molecule has 0 heterocycles. The van der Waals surface area contributed by atoms with Gasteiger partial charge in [0.1, 0.15) is 0 Å². The molecule has 0 aromatic rings. The van der Waals surface area contributed by atoms with E-state index in [1.165, 1.54) is 0 Å². The predicted molar refractivity (Wildman–Crippen MR) is 48.6 cm³/mol. The quantitative estimate of drug-likeness (QED) is 0.223. The van der Waals surface area contributed by atoms with Crippen LogP contribution in [0.1, 0.15) is 12.8 Å². The van der Waals surface area contributed by atoms with Gasteiger partial charge < -0.3 is 0 Å². The third-order valence-corrected chi connectivity index (χ3v) is 1.91. The zero-order valence-electron chi connectivity index (χ0n) is 6.69. The molecule has 12 heavy (non-hydrogen) atoms. The number of rotatable bonds is 5. The SMILES string of the molecule is NC(N)=NCCC[C@H](N)C(=O)[Se]. The van der Waals surface area contributed by atoms with Crippen LogP contribution < -0.4 is 17.2 Å². The van der Waals surface area contributed by atoms with Crippen LogP contribution in [0.15, 0.2) is 4.99 Å². The molecule has 0 aliphatic rings. The molecule has 0 rings (SSSR count). The number of carbonyl (C=O) groups excluding carboxylic acids is 1. The Morgan fingerprint density at radius 1 is 1.50 bits per heavy atom. The van der Waals surface area contributed by atoms with Crippen LogP contribution in [0.3, 0.4) is 0 Å². The maximum atomic E-state index is 10.6. The summed E-state index contributed by atoms with van der Waals surface area (Å²) in [6, 6.07) is -0.431. The molecule has 6 heteroatoms. The van der Waals surface area contributed by atoms with Crippen molar-refractivity contribution in [2.45, 2.75) is 18.9 Å². The molecule has 0 bridgehead atoms. The molecule has 0 amide bonds. The first-order valence-electron chi connectivity index (χ1n) is 3.56. The third-order valence-electron chi connectivity index (χ3n) is 1.27. The summed E-state index contributed by atoms with van der Waals surface area (Å²) in [5.74, 6) is 0.0676. The van der Waals surface area contributed by atoms with Gasteiger partial charge in [-0.05, 0) is 0 Å². The predicted octanol–water partition coefficient (Wildman–Crippen LogP) is -1.94. The summed E-state index contributed by atoms with van der Waals surface area (Å²) >= 11 is 2.34. The van der Waals surface area contributed by atoms with Crippen LogP contribution in [-0.4, -0.2) is 39.2 Å². The van der Waals surface area contributed by atoms with Gasteiger partial charge in [-0.3, -0.25) is 0 Å². The molecular formula is C6H13N4OSe. The fourth-order valence-electron chi connectivity index (χ4n) is 0.637. The molecule has 0 unspecified atom stereocenters. The van der Waals surface area contributed by atoms with Crippen LogP contribution in [0, 0.1) is 0 Å². The molecule has 1 atom stereocenters. The van der Waals surface area contributed by atoms with Crippen molar-refractivity contribution in [3.8, 4) is 0 Å². The normalized spacial score (nSPS) is 12.1. The van der Waals surface area contributed by atoms with Crippen LogP contribution in [-0.2, 0) is 4.79 Å². The molecule has 0 aromatic carbocycles. The Labute approximate surface area is 79.6 Å². The van der Waals surface area contributed by atoms with Crippen molar-refractivity contribution in [3.63, 3.8) is 0 Å². The standard InChI is InChI=1S/C6H13N4OSe/c7-4(5(11)12)2-1-3-10-6(8)9/h4H,1-3,7H2,(H4,8,9,10)/t4-/m0/s1. The van der Waals surface area contributed by atoms with Crippen LogP contribution >= 0.6 is 0 Å². The Morgan fingerprint density at radius 2 is 2.08 bits per heavy atom. The van der Waals surface area contributed by atoms with Gasteiger partial charge in [-0.2, -0.15) is 0 Å².